The molecule has 0 atom stereocenters. The van der Waals surface area contributed by atoms with E-state index >= 15 is 0 Å². The normalized spacial score (nSPS) is 10.6. The van der Waals surface area contributed by atoms with Gasteiger partial charge in [-0.15, -0.1) is 0 Å². The highest BCUT2D eigenvalue weighted by molar-refractivity contribution is 5.73. The minimum atomic E-state index is -2.21. The Hall–Kier alpha value is -2.31. The molecule has 0 aliphatic rings. The summed E-state index contributed by atoms with van der Waals surface area (Å²) in [4.78, 5) is 0. The van der Waals surface area contributed by atoms with Gasteiger partial charge in [0, 0.05) is 11.6 Å². The van der Waals surface area contributed by atoms with Crippen molar-refractivity contribution < 1.29 is 31.4 Å². The molecule has 0 spiro atoms. The Morgan fingerprint density at radius 2 is 1.24 bits per heavy atom. The van der Waals surface area contributed by atoms with Crippen molar-refractivity contribution in [1.29, 1.82) is 0 Å². The summed E-state index contributed by atoms with van der Waals surface area (Å²) in [5.74, 6) is -9.86. The average Bonchev–Trinajstić information content (AvgIpc) is 2.51. The van der Waals surface area contributed by atoms with Crippen LogP contribution in [0.1, 0.15) is 0 Å². The summed E-state index contributed by atoms with van der Waals surface area (Å²) in [6, 6.07) is 3.74. The first-order chi connectivity index (χ1) is 9.92. The molecule has 0 aliphatic heterocycles. The van der Waals surface area contributed by atoms with E-state index in [0.29, 0.717) is 5.75 Å². The Balaban J connectivity index is 2.79. The van der Waals surface area contributed by atoms with Gasteiger partial charge in [-0.1, -0.05) is 0 Å². The molecule has 0 radical (unpaired) electrons. The molecule has 0 amide bonds. The van der Waals surface area contributed by atoms with E-state index in [1.54, 1.807) is 0 Å². The van der Waals surface area contributed by atoms with Gasteiger partial charge in [0.1, 0.15) is 11.5 Å². The number of halogens is 5. The first kappa shape index (κ1) is 15.1. The van der Waals surface area contributed by atoms with Crippen LogP contribution in [-0.4, -0.2) is 14.2 Å². The highest BCUT2D eigenvalue weighted by Gasteiger charge is 2.28. The first-order valence-electron chi connectivity index (χ1n) is 5.66. The molecular formula is C14H9F5O2. The zero-order valence-electron chi connectivity index (χ0n) is 10.9. The lowest BCUT2D eigenvalue weighted by Gasteiger charge is -2.13. The van der Waals surface area contributed by atoms with Crippen molar-refractivity contribution >= 4 is 0 Å². The van der Waals surface area contributed by atoms with Crippen molar-refractivity contribution in [3.63, 3.8) is 0 Å². The maximum absolute atomic E-state index is 13.8. The van der Waals surface area contributed by atoms with Crippen LogP contribution in [0.4, 0.5) is 22.0 Å². The van der Waals surface area contributed by atoms with Crippen LogP contribution in [-0.2, 0) is 0 Å². The first-order valence-corrected chi connectivity index (χ1v) is 5.66. The molecule has 7 heteroatoms. The molecule has 0 saturated carbocycles. The lowest BCUT2D eigenvalue weighted by atomic mass is 10.0. The molecule has 0 heterocycles. The van der Waals surface area contributed by atoms with Crippen LogP contribution in [0.15, 0.2) is 18.2 Å². The molecule has 21 heavy (non-hydrogen) atoms. The van der Waals surface area contributed by atoms with Gasteiger partial charge >= 0.3 is 0 Å². The van der Waals surface area contributed by atoms with Crippen molar-refractivity contribution in [2.75, 3.05) is 14.2 Å². The molecule has 0 unspecified atom stereocenters. The van der Waals surface area contributed by atoms with Gasteiger partial charge in [0.05, 0.1) is 19.8 Å². The van der Waals surface area contributed by atoms with Crippen molar-refractivity contribution in [2.45, 2.75) is 0 Å². The van der Waals surface area contributed by atoms with E-state index in [1.807, 2.05) is 0 Å². The third-order valence-electron chi connectivity index (χ3n) is 2.89. The van der Waals surface area contributed by atoms with E-state index in [4.69, 9.17) is 9.47 Å². The van der Waals surface area contributed by atoms with Crippen LogP contribution in [0.5, 0.6) is 11.5 Å². The molecular weight excluding hydrogens is 295 g/mol. The third kappa shape index (κ3) is 2.39. The molecule has 0 saturated heterocycles. The average molecular weight is 304 g/mol. The van der Waals surface area contributed by atoms with Crippen LogP contribution < -0.4 is 9.47 Å². The summed E-state index contributed by atoms with van der Waals surface area (Å²) < 4.78 is 76.9. The second-order valence-electron chi connectivity index (χ2n) is 4.01. The van der Waals surface area contributed by atoms with Crippen LogP contribution in [0, 0.1) is 29.1 Å². The topological polar surface area (TPSA) is 18.5 Å². The third-order valence-corrected chi connectivity index (χ3v) is 2.89. The largest absolute Gasteiger partial charge is 0.497 e. The highest BCUT2D eigenvalue weighted by Crippen LogP contribution is 2.38. The summed E-state index contributed by atoms with van der Waals surface area (Å²) in [7, 11) is 2.55. The number of hydrogen-bond acceptors (Lipinski definition) is 2. The predicted octanol–water partition coefficient (Wildman–Crippen LogP) is 4.07. The Morgan fingerprint density at radius 3 is 1.71 bits per heavy atom. The van der Waals surface area contributed by atoms with Crippen molar-refractivity contribution in [3.8, 4) is 22.6 Å². The van der Waals surface area contributed by atoms with Crippen molar-refractivity contribution in [2.24, 2.45) is 0 Å². The predicted molar refractivity (Wildman–Crippen MR) is 64.8 cm³/mol. The molecule has 2 aromatic rings. The van der Waals surface area contributed by atoms with Crippen LogP contribution in [0.2, 0.25) is 0 Å². The molecule has 0 N–H and O–H groups in total. The van der Waals surface area contributed by atoms with Crippen LogP contribution in [0.25, 0.3) is 11.1 Å². The van der Waals surface area contributed by atoms with Gasteiger partial charge < -0.3 is 9.47 Å². The van der Waals surface area contributed by atoms with Gasteiger partial charge in [-0.05, 0) is 12.1 Å². The lowest BCUT2D eigenvalue weighted by molar-refractivity contribution is 0.378. The van der Waals surface area contributed by atoms with Crippen LogP contribution in [0.3, 0.4) is 0 Å². The number of methoxy groups -OCH3 is 2. The van der Waals surface area contributed by atoms with Crippen molar-refractivity contribution in [1.82, 2.24) is 0 Å². The molecule has 0 fully saturated rings. The Kier molecular flexibility index (Phi) is 4.02. The zero-order chi connectivity index (χ0) is 15.7. The van der Waals surface area contributed by atoms with Crippen LogP contribution >= 0.6 is 0 Å². The lowest BCUT2D eigenvalue weighted by Crippen LogP contribution is -2.05. The van der Waals surface area contributed by atoms with E-state index in [1.165, 1.54) is 26.4 Å². The summed E-state index contributed by atoms with van der Waals surface area (Å²) in [5, 5.41) is 0. The van der Waals surface area contributed by atoms with E-state index in [0.717, 1.165) is 6.07 Å². The fourth-order valence-electron chi connectivity index (χ4n) is 1.85. The zero-order valence-corrected chi connectivity index (χ0v) is 10.9. The summed E-state index contributed by atoms with van der Waals surface area (Å²) >= 11 is 0. The van der Waals surface area contributed by atoms with E-state index in [2.05, 4.69) is 0 Å². The standard InChI is InChI=1S/C14H9F5O2/c1-20-6-3-4-7(8(5-6)21-2)9-10(15)12(17)14(19)13(18)11(9)16/h3-5H,1-2H3. The Morgan fingerprint density at radius 1 is 0.714 bits per heavy atom. The van der Waals surface area contributed by atoms with Gasteiger partial charge in [-0.2, -0.15) is 0 Å². The fraction of sp³-hybridized carbons (Fsp3) is 0.143. The minimum absolute atomic E-state index is 0.0856. The Labute approximate surface area is 116 Å². The van der Waals surface area contributed by atoms with E-state index in [9.17, 15) is 22.0 Å². The fourth-order valence-corrected chi connectivity index (χ4v) is 1.85. The molecule has 0 aromatic heterocycles. The van der Waals surface area contributed by atoms with Gasteiger partial charge in [-0.25, -0.2) is 22.0 Å². The minimum Gasteiger partial charge on any atom is -0.497 e. The SMILES string of the molecule is COc1ccc(-c2c(F)c(F)c(F)c(F)c2F)c(OC)c1. The number of benzene rings is 2. The molecule has 2 rings (SSSR count). The monoisotopic (exact) mass is 304 g/mol. The molecule has 0 aliphatic carbocycles. The number of hydrogen-bond donors (Lipinski definition) is 0. The molecule has 2 aromatic carbocycles. The highest BCUT2D eigenvalue weighted by atomic mass is 19.2. The van der Waals surface area contributed by atoms with Gasteiger partial charge in [-0.3, -0.25) is 0 Å². The Bertz CT molecular complexity index is 671. The second-order valence-corrected chi connectivity index (χ2v) is 4.01. The number of rotatable bonds is 3. The van der Waals surface area contributed by atoms with E-state index < -0.39 is 34.6 Å². The van der Waals surface area contributed by atoms with Gasteiger partial charge in [0.15, 0.2) is 23.3 Å². The van der Waals surface area contributed by atoms with Gasteiger partial charge in [0.2, 0.25) is 5.82 Å². The molecule has 112 valence electrons. The quantitative estimate of drug-likeness (QED) is 0.483. The smallest absolute Gasteiger partial charge is 0.200 e. The van der Waals surface area contributed by atoms with E-state index in [-0.39, 0.29) is 11.3 Å². The summed E-state index contributed by atoms with van der Waals surface area (Å²) in [6.45, 7) is 0. The molecule has 2 nitrogen and oxygen atoms in total. The maximum atomic E-state index is 13.8. The molecule has 0 bridgehead atoms. The van der Waals surface area contributed by atoms with Crippen molar-refractivity contribution in [3.05, 3.63) is 47.3 Å². The maximum Gasteiger partial charge on any atom is 0.200 e. The number of ether oxygens (including phenoxy) is 2. The second kappa shape index (κ2) is 5.59. The van der Waals surface area contributed by atoms with Gasteiger partial charge in [0.25, 0.3) is 0 Å². The summed E-state index contributed by atoms with van der Waals surface area (Å²) in [5.41, 5.74) is -1.32. The summed E-state index contributed by atoms with van der Waals surface area (Å²) in [6.07, 6.45) is 0.